The standard InChI is InChI=1S/C20H25N3O4S2/c1-22(2)29(26,27)18-11-9-17(10-12-18)28(24,25)21-19-5-3-4-6-20(19)23-14-15-7-8-16(23)13-15/h3-6,9-12,15-16,21H,7-8,13-14H2,1-2H3. The van der Waals surface area contributed by atoms with Gasteiger partial charge in [-0.2, -0.15) is 0 Å². The minimum Gasteiger partial charge on any atom is -0.367 e. The molecule has 1 aliphatic carbocycles. The Morgan fingerprint density at radius 1 is 0.931 bits per heavy atom. The molecule has 2 fully saturated rings. The monoisotopic (exact) mass is 435 g/mol. The molecule has 2 unspecified atom stereocenters. The summed E-state index contributed by atoms with van der Waals surface area (Å²) >= 11 is 0. The van der Waals surface area contributed by atoms with Gasteiger partial charge in [0, 0.05) is 26.7 Å². The predicted molar refractivity (Wildman–Crippen MR) is 113 cm³/mol. The SMILES string of the molecule is CN(C)S(=O)(=O)c1ccc(S(=O)(=O)Nc2ccccc2N2CC3CCC2C3)cc1. The van der Waals surface area contributed by atoms with Crippen LogP contribution in [0, 0.1) is 5.92 Å². The van der Waals surface area contributed by atoms with Crippen LogP contribution in [0.15, 0.2) is 58.3 Å². The molecular weight excluding hydrogens is 410 g/mol. The zero-order chi connectivity index (χ0) is 20.8. The molecule has 4 rings (SSSR count). The molecule has 2 aliphatic rings. The van der Waals surface area contributed by atoms with Crippen molar-refractivity contribution < 1.29 is 16.8 Å². The molecule has 9 heteroatoms. The van der Waals surface area contributed by atoms with Gasteiger partial charge in [0.15, 0.2) is 0 Å². The van der Waals surface area contributed by atoms with E-state index >= 15 is 0 Å². The van der Waals surface area contributed by atoms with Crippen molar-refractivity contribution in [3.63, 3.8) is 0 Å². The van der Waals surface area contributed by atoms with E-state index in [2.05, 4.69) is 9.62 Å². The van der Waals surface area contributed by atoms with Crippen molar-refractivity contribution in [1.29, 1.82) is 0 Å². The summed E-state index contributed by atoms with van der Waals surface area (Å²) in [7, 11) is -4.59. The molecule has 1 N–H and O–H groups in total. The van der Waals surface area contributed by atoms with Gasteiger partial charge in [-0.05, 0) is 61.6 Å². The van der Waals surface area contributed by atoms with Crippen LogP contribution in [0.3, 0.4) is 0 Å². The highest BCUT2D eigenvalue weighted by atomic mass is 32.2. The van der Waals surface area contributed by atoms with Crippen LogP contribution in [-0.4, -0.2) is 47.8 Å². The van der Waals surface area contributed by atoms with Gasteiger partial charge in [0.2, 0.25) is 10.0 Å². The van der Waals surface area contributed by atoms with E-state index in [1.165, 1.54) is 51.2 Å². The fourth-order valence-electron chi connectivity index (χ4n) is 4.24. The van der Waals surface area contributed by atoms with E-state index in [0.29, 0.717) is 17.6 Å². The van der Waals surface area contributed by atoms with Crippen molar-refractivity contribution in [3.05, 3.63) is 48.5 Å². The number of para-hydroxylation sites is 2. The van der Waals surface area contributed by atoms with Crippen LogP contribution >= 0.6 is 0 Å². The number of anilines is 2. The van der Waals surface area contributed by atoms with E-state index in [1.807, 2.05) is 18.2 Å². The molecule has 0 aromatic heterocycles. The number of benzene rings is 2. The lowest BCUT2D eigenvalue weighted by atomic mass is 10.1. The van der Waals surface area contributed by atoms with E-state index in [1.54, 1.807) is 6.07 Å². The fraction of sp³-hybridized carbons (Fsp3) is 0.400. The lowest BCUT2D eigenvalue weighted by Gasteiger charge is -2.31. The quantitative estimate of drug-likeness (QED) is 0.754. The van der Waals surface area contributed by atoms with Crippen molar-refractivity contribution in [3.8, 4) is 0 Å². The molecule has 2 aromatic carbocycles. The third kappa shape index (κ3) is 3.74. The summed E-state index contributed by atoms with van der Waals surface area (Å²) in [6.07, 6.45) is 3.56. The van der Waals surface area contributed by atoms with Crippen molar-refractivity contribution in [2.24, 2.45) is 5.92 Å². The van der Waals surface area contributed by atoms with Gasteiger partial charge < -0.3 is 4.90 Å². The molecular formula is C20H25N3O4S2. The maximum atomic E-state index is 12.9. The largest absolute Gasteiger partial charge is 0.367 e. The number of fused-ring (bicyclic) bond motifs is 2. The molecule has 2 aromatic rings. The highest BCUT2D eigenvalue weighted by Crippen LogP contribution is 2.42. The van der Waals surface area contributed by atoms with E-state index in [-0.39, 0.29) is 9.79 Å². The van der Waals surface area contributed by atoms with Crippen LogP contribution in [-0.2, 0) is 20.0 Å². The molecule has 0 spiro atoms. The Morgan fingerprint density at radius 2 is 1.59 bits per heavy atom. The average molecular weight is 436 g/mol. The van der Waals surface area contributed by atoms with Gasteiger partial charge in [-0.15, -0.1) is 0 Å². The van der Waals surface area contributed by atoms with Crippen molar-refractivity contribution >= 4 is 31.4 Å². The molecule has 7 nitrogen and oxygen atoms in total. The second kappa shape index (κ2) is 7.30. The second-order valence-corrected chi connectivity index (χ2v) is 11.7. The van der Waals surface area contributed by atoms with Crippen LogP contribution in [0.5, 0.6) is 0 Å². The minimum atomic E-state index is -3.85. The highest BCUT2D eigenvalue weighted by Gasteiger charge is 2.38. The van der Waals surface area contributed by atoms with E-state index < -0.39 is 20.0 Å². The number of sulfonamides is 2. The molecule has 1 heterocycles. The van der Waals surface area contributed by atoms with Gasteiger partial charge in [0.1, 0.15) is 0 Å². The summed E-state index contributed by atoms with van der Waals surface area (Å²) in [5.41, 5.74) is 1.44. The Bertz CT molecular complexity index is 1110. The van der Waals surface area contributed by atoms with Gasteiger partial charge in [-0.25, -0.2) is 21.1 Å². The zero-order valence-electron chi connectivity index (χ0n) is 16.4. The highest BCUT2D eigenvalue weighted by molar-refractivity contribution is 7.92. The van der Waals surface area contributed by atoms with Crippen LogP contribution in [0.2, 0.25) is 0 Å². The Kier molecular flexibility index (Phi) is 5.08. The topological polar surface area (TPSA) is 86.8 Å². The Hall–Kier alpha value is -2.10. The number of nitrogens with zero attached hydrogens (tertiary/aromatic N) is 2. The van der Waals surface area contributed by atoms with Crippen LogP contribution < -0.4 is 9.62 Å². The number of rotatable bonds is 6. The molecule has 2 atom stereocenters. The molecule has 0 radical (unpaired) electrons. The third-order valence-corrected chi connectivity index (χ3v) is 8.99. The molecule has 2 bridgehead atoms. The maximum absolute atomic E-state index is 12.9. The van der Waals surface area contributed by atoms with Crippen molar-refractivity contribution in [2.75, 3.05) is 30.3 Å². The normalized spacial score (nSPS) is 21.7. The first-order valence-electron chi connectivity index (χ1n) is 9.59. The first-order chi connectivity index (χ1) is 13.7. The first-order valence-corrected chi connectivity index (χ1v) is 12.5. The van der Waals surface area contributed by atoms with Gasteiger partial charge in [-0.1, -0.05) is 12.1 Å². The van der Waals surface area contributed by atoms with Gasteiger partial charge in [-0.3, -0.25) is 4.72 Å². The predicted octanol–water partition coefficient (Wildman–Crippen LogP) is 2.73. The second-order valence-electron chi connectivity index (χ2n) is 7.87. The summed E-state index contributed by atoms with van der Waals surface area (Å²) in [4.78, 5) is 2.38. The number of hydrogen-bond acceptors (Lipinski definition) is 5. The number of hydrogen-bond donors (Lipinski definition) is 1. The van der Waals surface area contributed by atoms with Gasteiger partial charge in [0.25, 0.3) is 10.0 Å². The molecule has 1 aliphatic heterocycles. The van der Waals surface area contributed by atoms with Gasteiger partial charge in [0.05, 0.1) is 21.2 Å². The Morgan fingerprint density at radius 3 is 2.17 bits per heavy atom. The molecule has 29 heavy (non-hydrogen) atoms. The molecule has 1 saturated carbocycles. The summed E-state index contributed by atoms with van der Waals surface area (Å²) < 4.78 is 54.0. The summed E-state index contributed by atoms with van der Waals surface area (Å²) in [5, 5.41) is 0. The fourth-order valence-corrected chi connectivity index (χ4v) is 6.21. The summed E-state index contributed by atoms with van der Waals surface area (Å²) in [6.45, 7) is 0.959. The smallest absolute Gasteiger partial charge is 0.261 e. The zero-order valence-corrected chi connectivity index (χ0v) is 18.1. The average Bonchev–Trinajstić information content (AvgIpc) is 3.31. The molecule has 0 amide bonds. The molecule has 156 valence electrons. The maximum Gasteiger partial charge on any atom is 0.261 e. The lowest BCUT2D eigenvalue weighted by molar-refractivity contribution is 0.520. The first kappa shape index (κ1) is 20.2. The van der Waals surface area contributed by atoms with Crippen LogP contribution in [0.25, 0.3) is 0 Å². The van der Waals surface area contributed by atoms with Crippen LogP contribution in [0.1, 0.15) is 19.3 Å². The number of piperidine rings is 1. The van der Waals surface area contributed by atoms with Crippen molar-refractivity contribution in [1.82, 2.24) is 4.31 Å². The third-order valence-electron chi connectivity index (χ3n) is 5.78. The number of nitrogens with one attached hydrogen (secondary N) is 1. The van der Waals surface area contributed by atoms with E-state index in [4.69, 9.17) is 0 Å². The van der Waals surface area contributed by atoms with E-state index in [9.17, 15) is 16.8 Å². The summed E-state index contributed by atoms with van der Waals surface area (Å²) in [5.74, 6) is 0.691. The lowest BCUT2D eigenvalue weighted by Crippen LogP contribution is -2.32. The Balaban J connectivity index is 1.60. The van der Waals surface area contributed by atoms with Crippen molar-refractivity contribution in [2.45, 2.75) is 35.1 Å². The van der Waals surface area contributed by atoms with Crippen LogP contribution in [0.4, 0.5) is 11.4 Å². The Labute approximate surface area is 172 Å². The molecule has 1 saturated heterocycles. The summed E-state index contributed by atoms with van der Waals surface area (Å²) in [6, 6.07) is 13.2. The van der Waals surface area contributed by atoms with E-state index in [0.717, 1.165) is 23.0 Å². The minimum absolute atomic E-state index is 0.0213. The van der Waals surface area contributed by atoms with Gasteiger partial charge >= 0.3 is 0 Å².